The predicted molar refractivity (Wildman–Crippen MR) is 81.2 cm³/mol. The van der Waals surface area contributed by atoms with Gasteiger partial charge >= 0.3 is 6.09 Å². The Hall–Kier alpha value is -1.44. The molecule has 0 fully saturated rings. The Morgan fingerprint density at radius 1 is 1.30 bits per heavy atom. The van der Waals surface area contributed by atoms with Gasteiger partial charge in [0.15, 0.2) is 0 Å². The summed E-state index contributed by atoms with van der Waals surface area (Å²) in [7, 11) is 0. The largest absolute Gasteiger partial charge is 0.444 e. The number of alkyl carbamates (subject to hydrolysis) is 1. The third-order valence-electron chi connectivity index (χ3n) is 2.82. The van der Waals surface area contributed by atoms with Crippen molar-refractivity contribution in [3.63, 3.8) is 0 Å². The number of ether oxygens (including phenoxy) is 1. The molecule has 0 radical (unpaired) electrons. The van der Waals surface area contributed by atoms with Gasteiger partial charge in [0.05, 0.1) is 6.10 Å². The molecule has 2 unspecified atom stereocenters. The maximum atomic E-state index is 13.3. The molecule has 3 N–H and O–H groups in total. The fourth-order valence-electron chi connectivity index (χ4n) is 1.76. The summed E-state index contributed by atoms with van der Waals surface area (Å²) in [5, 5.41) is 21.5. The van der Waals surface area contributed by atoms with Crippen LogP contribution in [0.2, 0.25) is 5.02 Å². The highest BCUT2D eigenvalue weighted by atomic mass is 35.5. The summed E-state index contributed by atoms with van der Waals surface area (Å²) < 4.78 is 31.7. The van der Waals surface area contributed by atoms with Crippen LogP contribution in [0.3, 0.4) is 0 Å². The van der Waals surface area contributed by atoms with E-state index in [9.17, 15) is 23.8 Å². The molecular formula is C15H20ClF2NO4. The fourth-order valence-corrected chi connectivity index (χ4v) is 1.87. The number of halogens is 3. The molecular weight excluding hydrogens is 332 g/mol. The van der Waals surface area contributed by atoms with Crippen molar-refractivity contribution in [2.24, 2.45) is 0 Å². The van der Waals surface area contributed by atoms with E-state index >= 15 is 0 Å². The molecule has 0 saturated carbocycles. The molecule has 1 aromatic carbocycles. The zero-order chi connectivity index (χ0) is 17.8. The van der Waals surface area contributed by atoms with E-state index in [4.69, 9.17) is 16.3 Å². The van der Waals surface area contributed by atoms with Crippen molar-refractivity contribution in [1.82, 2.24) is 5.32 Å². The van der Waals surface area contributed by atoms with Crippen LogP contribution in [0.25, 0.3) is 0 Å². The minimum atomic E-state index is -1.52. The molecule has 1 amide bonds. The van der Waals surface area contributed by atoms with Crippen LogP contribution in [-0.2, 0) is 4.74 Å². The van der Waals surface area contributed by atoms with E-state index in [-0.39, 0.29) is 18.5 Å². The number of aliphatic hydroxyl groups excluding tert-OH is 2. The van der Waals surface area contributed by atoms with Crippen molar-refractivity contribution in [3.05, 3.63) is 34.4 Å². The number of benzene rings is 1. The highest BCUT2D eigenvalue weighted by Crippen LogP contribution is 2.26. The van der Waals surface area contributed by atoms with Gasteiger partial charge in [-0.15, -0.1) is 0 Å². The molecule has 23 heavy (non-hydrogen) atoms. The molecule has 0 aliphatic rings. The van der Waals surface area contributed by atoms with Gasteiger partial charge in [0, 0.05) is 6.54 Å². The van der Waals surface area contributed by atoms with Gasteiger partial charge in [-0.25, -0.2) is 13.6 Å². The van der Waals surface area contributed by atoms with Crippen molar-refractivity contribution >= 4 is 17.7 Å². The minimum Gasteiger partial charge on any atom is -0.444 e. The highest BCUT2D eigenvalue weighted by Gasteiger charge is 2.22. The van der Waals surface area contributed by atoms with E-state index in [1.165, 1.54) is 0 Å². The molecule has 2 atom stereocenters. The molecule has 8 heteroatoms. The van der Waals surface area contributed by atoms with Gasteiger partial charge in [-0.3, -0.25) is 0 Å². The smallest absolute Gasteiger partial charge is 0.407 e. The van der Waals surface area contributed by atoms with Crippen molar-refractivity contribution in [2.45, 2.75) is 45.0 Å². The minimum absolute atomic E-state index is 0.0195. The van der Waals surface area contributed by atoms with Crippen LogP contribution in [-0.4, -0.2) is 34.6 Å². The monoisotopic (exact) mass is 351 g/mol. The van der Waals surface area contributed by atoms with Gasteiger partial charge in [-0.05, 0) is 44.9 Å². The molecule has 0 saturated heterocycles. The Morgan fingerprint density at radius 3 is 2.30 bits per heavy atom. The summed E-state index contributed by atoms with van der Waals surface area (Å²) in [5.41, 5.74) is -0.796. The Kier molecular flexibility index (Phi) is 6.73. The number of hydrogen-bond acceptors (Lipinski definition) is 4. The molecule has 130 valence electrons. The number of carbonyl (C=O) groups is 1. The standard InChI is InChI=1S/C15H20ClF2NO4/c1-15(2,3)23-14(22)19-5-4-11(20)13(21)8-6-9(17)12(16)10(18)7-8/h6-7,11,13,20-21H,4-5H2,1-3H3,(H,19,22). The van der Waals surface area contributed by atoms with Crippen LogP contribution >= 0.6 is 11.6 Å². The number of amides is 1. The molecule has 1 rings (SSSR count). The summed E-state index contributed by atoms with van der Waals surface area (Å²) in [5.74, 6) is -2.06. The number of carbonyl (C=O) groups excluding carboxylic acids is 1. The summed E-state index contributed by atoms with van der Waals surface area (Å²) in [6, 6.07) is 1.70. The van der Waals surface area contributed by atoms with Crippen LogP contribution in [0.15, 0.2) is 12.1 Å². The number of aliphatic hydroxyl groups is 2. The second-order valence-electron chi connectivity index (χ2n) is 6.03. The van der Waals surface area contributed by atoms with E-state index in [1.54, 1.807) is 20.8 Å². The van der Waals surface area contributed by atoms with Gasteiger partial charge in [0.2, 0.25) is 0 Å². The van der Waals surface area contributed by atoms with Crippen molar-refractivity contribution in [1.29, 1.82) is 0 Å². The van der Waals surface area contributed by atoms with Crippen LogP contribution in [0, 0.1) is 11.6 Å². The van der Waals surface area contributed by atoms with E-state index < -0.39 is 40.6 Å². The molecule has 0 aromatic heterocycles. The lowest BCUT2D eigenvalue weighted by atomic mass is 10.0. The Morgan fingerprint density at radius 2 is 1.83 bits per heavy atom. The SMILES string of the molecule is CC(C)(C)OC(=O)NCCC(O)C(O)c1cc(F)c(Cl)c(F)c1. The average Bonchev–Trinajstić information content (AvgIpc) is 2.41. The van der Waals surface area contributed by atoms with Crippen LogP contribution in [0.5, 0.6) is 0 Å². The molecule has 0 spiro atoms. The number of nitrogens with one attached hydrogen (secondary N) is 1. The molecule has 0 heterocycles. The highest BCUT2D eigenvalue weighted by molar-refractivity contribution is 6.30. The molecule has 1 aromatic rings. The van der Waals surface area contributed by atoms with Gasteiger partial charge in [-0.2, -0.15) is 0 Å². The third kappa shape index (κ3) is 6.29. The number of hydrogen-bond donors (Lipinski definition) is 3. The lowest BCUT2D eigenvalue weighted by Crippen LogP contribution is -2.34. The maximum Gasteiger partial charge on any atom is 0.407 e. The lowest BCUT2D eigenvalue weighted by molar-refractivity contribution is 0.0120. The van der Waals surface area contributed by atoms with E-state index in [0.29, 0.717) is 0 Å². The average molecular weight is 352 g/mol. The zero-order valence-electron chi connectivity index (χ0n) is 13.1. The quantitative estimate of drug-likeness (QED) is 0.713. The van der Waals surface area contributed by atoms with E-state index in [2.05, 4.69) is 5.32 Å². The van der Waals surface area contributed by atoms with Gasteiger partial charge in [0.25, 0.3) is 0 Å². The third-order valence-corrected chi connectivity index (χ3v) is 3.18. The van der Waals surface area contributed by atoms with Gasteiger partial charge in [0.1, 0.15) is 28.4 Å². The Balaban J connectivity index is 2.55. The number of rotatable bonds is 5. The van der Waals surface area contributed by atoms with E-state index in [0.717, 1.165) is 12.1 Å². The van der Waals surface area contributed by atoms with Crippen molar-refractivity contribution in [2.75, 3.05) is 6.54 Å². The molecule has 0 aliphatic carbocycles. The molecule has 5 nitrogen and oxygen atoms in total. The zero-order valence-corrected chi connectivity index (χ0v) is 13.8. The van der Waals surface area contributed by atoms with Crippen LogP contribution in [0.4, 0.5) is 13.6 Å². The topological polar surface area (TPSA) is 78.8 Å². The second-order valence-corrected chi connectivity index (χ2v) is 6.41. The van der Waals surface area contributed by atoms with Crippen molar-refractivity contribution in [3.8, 4) is 0 Å². The first-order chi connectivity index (χ1) is 10.5. The van der Waals surface area contributed by atoms with Crippen LogP contribution < -0.4 is 5.32 Å². The maximum absolute atomic E-state index is 13.3. The first kappa shape index (κ1) is 19.6. The Labute approximate surface area is 138 Å². The summed E-state index contributed by atoms with van der Waals surface area (Å²) >= 11 is 5.35. The first-order valence-corrected chi connectivity index (χ1v) is 7.36. The summed E-state index contributed by atoms with van der Waals surface area (Å²) in [6.45, 7) is 5.13. The van der Waals surface area contributed by atoms with Gasteiger partial charge < -0.3 is 20.3 Å². The normalized spacial score (nSPS) is 14.3. The Bertz CT molecular complexity index is 540. The lowest BCUT2D eigenvalue weighted by Gasteiger charge is -2.21. The first-order valence-electron chi connectivity index (χ1n) is 6.98. The fraction of sp³-hybridized carbons (Fsp3) is 0.533. The van der Waals surface area contributed by atoms with Crippen molar-refractivity contribution < 1.29 is 28.5 Å². The molecule has 0 bridgehead atoms. The summed E-state index contributed by atoms with van der Waals surface area (Å²) in [4.78, 5) is 11.4. The van der Waals surface area contributed by atoms with E-state index in [1.807, 2.05) is 0 Å². The second kappa shape index (κ2) is 7.90. The molecule has 0 aliphatic heterocycles. The van der Waals surface area contributed by atoms with Gasteiger partial charge in [-0.1, -0.05) is 11.6 Å². The summed E-state index contributed by atoms with van der Waals surface area (Å²) in [6.07, 6.45) is -3.55. The van der Waals surface area contributed by atoms with Crippen LogP contribution in [0.1, 0.15) is 38.9 Å². The predicted octanol–water partition coefficient (Wildman–Crippen LogP) is 2.93.